The van der Waals surface area contributed by atoms with Crippen molar-refractivity contribution in [2.75, 3.05) is 13.7 Å². The van der Waals surface area contributed by atoms with Crippen LogP contribution in [0.4, 0.5) is 0 Å². The molecule has 2 aromatic rings. The van der Waals surface area contributed by atoms with E-state index in [-0.39, 0.29) is 17.3 Å². The molecular formula is C16H14O5S. The first-order valence-electron chi connectivity index (χ1n) is 6.55. The maximum atomic E-state index is 12.0. The monoisotopic (exact) mass is 318 g/mol. The average Bonchev–Trinajstić information content (AvgIpc) is 2.76. The number of fused-ring (bicyclic) bond motifs is 1. The summed E-state index contributed by atoms with van der Waals surface area (Å²) < 4.78 is 34.7. The second-order valence-electron chi connectivity index (χ2n) is 4.83. The Morgan fingerprint density at radius 1 is 1.05 bits per heavy atom. The van der Waals surface area contributed by atoms with Crippen molar-refractivity contribution in [3.63, 3.8) is 0 Å². The number of phenols is 1. The van der Waals surface area contributed by atoms with Crippen LogP contribution in [0, 0.1) is 0 Å². The summed E-state index contributed by atoms with van der Waals surface area (Å²) in [6, 6.07) is 11.2. The van der Waals surface area contributed by atoms with Crippen molar-refractivity contribution in [2.45, 2.75) is 4.90 Å². The Labute approximate surface area is 128 Å². The van der Waals surface area contributed by atoms with Gasteiger partial charge >= 0.3 is 0 Å². The normalized spacial score (nSPS) is 15.0. The predicted molar refractivity (Wildman–Crippen MR) is 81.8 cm³/mol. The third-order valence-corrected chi connectivity index (χ3v) is 4.93. The molecule has 0 amide bonds. The maximum absolute atomic E-state index is 12.0. The highest BCUT2D eigenvalue weighted by Crippen LogP contribution is 2.35. The van der Waals surface area contributed by atoms with Crippen molar-refractivity contribution in [3.05, 3.63) is 53.4 Å². The molecule has 2 aromatic carbocycles. The smallest absolute Gasteiger partial charge is 0.200 e. The van der Waals surface area contributed by atoms with Gasteiger partial charge in [-0.1, -0.05) is 0 Å². The van der Waals surface area contributed by atoms with Gasteiger partial charge in [-0.3, -0.25) is 0 Å². The fourth-order valence-electron chi connectivity index (χ4n) is 2.28. The molecule has 5 nitrogen and oxygen atoms in total. The standard InChI is InChI=1S/C16H14O5S/c1-20-13-3-5-14(6-4-13)21-9-11-10-22(18,19)16-7-2-12(17)8-15(11)16/h2-8,10,17H,9H2,1H3. The first kappa shape index (κ1) is 14.5. The lowest BCUT2D eigenvalue weighted by molar-refractivity contribution is 0.367. The van der Waals surface area contributed by atoms with Crippen LogP contribution in [0.15, 0.2) is 52.8 Å². The van der Waals surface area contributed by atoms with E-state index in [1.807, 2.05) is 0 Å². The van der Waals surface area contributed by atoms with Crippen LogP contribution in [0.5, 0.6) is 17.2 Å². The molecule has 6 heteroatoms. The predicted octanol–water partition coefficient (Wildman–Crippen LogP) is 2.61. The minimum Gasteiger partial charge on any atom is -0.508 e. The van der Waals surface area contributed by atoms with Crippen LogP contribution in [0.3, 0.4) is 0 Å². The van der Waals surface area contributed by atoms with Gasteiger partial charge in [-0.15, -0.1) is 0 Å². The molecule has 0 saturated carbocycles. The van der Waals surface area contributed by atoms with Crippen molar-refractivity contribution >= 4 is 15.4 Å². The molecule has 1 aliphatic rings. The zero-order valence-electron chi connectivity index (χ0n) is 11.8. The molecule has 0 aliphatic carbocycles. The number of sulfone groups is 1. The molecule has 0 radical (unpaired) electrons. The van der Waals surface area contributed by atoms with Crippen molar-refractivity contribution in [3.8, 4) is 17.2 Å². The molecule has 1 N–H and O–H groups in total. The lowest BCUT2D eigenvalue weighted by atomic mass is 10.1. The number of ether oxygens (including phenoxy) is 2. The SMILES string of the molecule is COc1ccc(OCC2=CS(=O)(=O)c3ccc(O)cc32)cc1. The fourth-order valence-corrected chi connectivity index (χ4v) is 3.73. The van der Waals surface area contributed by atoms with E-state index in [0.29, 0.717) is 22.6 Å². The van der Waals surface area contributed by atoms with Gasteiger partial charge in [0.25, 0.3) is 0 Å². The minimum atomic E-state index is -3.46. The van der Waals surface area contributed by atoms with Crippen LogP contribution in [-0.2, 0) is 9.84 Å². The average molecular weight is 318 g/mol. The summed E-state index contributed by atoms with van der Waals surface area (Å²) in [5, 5.41) is 10.7. The Kier molecular flexibility index (Phi) is 3.54. The molecule has 0 unspecified atom stereocenters. The Morgan fingerprint density at radius 3 is 2.41 bits per heavy atom. The summed E-state index contributed by atoms with van der Waals surface area (Å²) in [4.78, 5) is 0.193. The summed E-state index contributed by atoms with van der Waals surface area (Å²) in [6.45, 7) is 0.0992. The minimum absolute atomic E-state index is 0.0196. The van der Waals surface area contributed by atoms with Crippen LogP contribution in [0.2, 0.25) is 0 Å². The van der Waals surface area contributed by atoms with E-state index >= 15 is 0 Å². The van der Waals surface area contributed by atoms with Gasteiger partial charge in [0, 0.05) is 16.5 Å². The molecular weight excluding hydrogens is 304 g/mol. The molecule has 1 heterocycles. The number of aromatic hydroxyl groups is 1. The molecule has 114 valence electrons. The van der Waals surface area contributed by atoms with Gasteiger partial charge in [-0.25, -0.2) is 8.42 Å². The van der Waals surface area contributed by atoms with E-state index in [1.165, 1.54) is 23.6 Å². The van der Waals surface area contributed by atoms with Gasteiger partial charge in [-0.05, 0) is 42.5 Å². The molecule has 3 rings (SSSR count). The molecule has 1 aliphatic heterocycles. The number of hydrogen-bond acceptors (Lipinski definition) is 5. The maximum Gasteiger partial charge on any atom is 0.200 e. The quantitative estimate of drug-likeness (QED) is 0.938. The number of phenolic OH excluding ortho intramolecular Hbond substituents is 1. The first-order chi connectivity index (χ1) is 10.5. The zero-order valence-corrected chi connectivity index (χ0v) is 12.6. The summed E-state index contributed by atoms with van der Waals surface area (Å²) in [5.74, 6) is 1.34. The van der Waals surface area contributed by atoms with Crippen molar-refractivity contribution in [1.29, 1.82) is 0 Å². The highest BCUT2D eigenvalue weighted by Gasteiger charge is 2.27. The highest BCUT2D eigenvalue weighted by molar-refractivity contribution is 7.95. The Hall–Kier alpha value is -2.47. The lowest BCUT2D eigenvalue weighted by Crippen LogP contribution is -1.99. The second kappa shape index (κ2) is 5.38. The Morgan fingerprint density at radius 2 is 1.73 bits per heavy atom. The number of benzene rings is 2. The zero-order chi connectivity index (χ0) is 15.7. The van der Waals surface area contributed by atoms with Crippen molar-refractivity contribution in [1.82, 2.24) is 0 Å². The lowest BCUT2D eigenvalue weighted by Gasteiger charge is -2.08. The van der Waals surface area contributed by atoms with Gasteiger partial charge in [-0.2, -0.15) is 0 Å². The van der Waals surface area contributed by atoms with Gasteiger partial charge in [0.1, 0.15) is 23.9 Å². The van der Waals surface area contributed by atoms with Crippen LogP contribution >= 0.6 is 0 Å². The fraction of sp³-hybridized carbons (Fsp3) is 0.125. The summed E-state index contributed by atoms with van der Waals surface area (Å²) in [5.41, 5.74) is 0.996. The first-order valence-corrected chi connectivity index (χ1v) is 8.10. The topological polar surface area (TPSA) is 72.8 Å². The molecule has 0 aromatic heterocycles. The largest absolute Gasteiger partial charge is 0.508 e. The van der Waals surface area contributed by atoms with Crippen molar-refractivity contribution in [2.24, 2.45) is 0 Å². The number of rotatable bonds is 4. The van der Waals surface area contributed by atoms with Crippen LogP contribution in [0.25, 0.3) is 5.57 Å². The van der Waals surface area contributed by atoms with Gasteiger partial charge in [0.05, 0.1) is 12.0 Å². The molecule has 0 bridgehead atoms. The summed E-state index contributed by atoms with van der Waals surface area (Å²) >= 11 is 0. The Balaban J connectivity index is 1.83. The van der Waals surface area contributed by atoms with Crippen LogP contribution < -0.4 is 9.47 Å². The van der Waals surface area contributed by atoms with E-state index in [4.69, 9.17) is 9.47 Å². The Bertz CT molecular complexity index is 835. The van der Waals surface area contributed by atoms with Gasteiger partial charge in [0.2, 0.25) is 9.84 Å². The number of hydrogen-bond donors (Lipinski definition) is 1. The molecule has 22 heavy (non-hydrogen) atoms. The molecule has 0 fully saturated rings. The van der Waals surface area contributed by atoms with Gasteiger partial charge < -0.3 is 14.6 Å². The van der Waals surface area contributed by atoms with Crippen molar-refractivity contribution < 1.29 is 23.0 Å². The van der Waals surface area contributed by atoms with E-state index in [1.54, 1.807) is 31.4 Å². The van der Waals surface area contributed by atoms with E-state index < -0.39 is 9.84 Å². The third kappa shape index (κ3) is 2.65. The molecule has 0 saturated heterocycles. The van der Waals surface area contributed by atoms with Gasteiger partial charge in [0.15, 0.2) is 0 Å². The summed E-state index contributed by atoms with van der Waals surface area (Å²) in [6.07, 6.45) is 0. The third-order valence-electron chi connectivity index (χ3n) is 3.37. The second-order valence-corrected chi connectivity index (χ2v) is 6.60. The molecule has 0 spiro atoms. The highest BCUT2D eigenvalue weighted by atomic mass is 32.2. The van der Waals surface area contributed by atoms with E-state index in [0.717, 1.165) is 0 Å². The number of methoxy groups -OCH3 is 1. The molecule has 0 atom stereocenters. The van der Waals surface area contributed by atoms with Crippen LogP contribution in [0.1, 0.15) is 5.56 Å². The van der Waals surface area contributed by atoms with E-state index in [9.17, 15) is 13.5 Å². The summed E-state index contributed by atoms with van der Waals surface area (Å²) in [7, 11) is -1.88. The van der Waals surface area contributed by atoms with Crippen LogP contribution in [-0.4, -0.2) is 27.2 Å². The van der Waals surface area contributed by atoms with E-state index in [2.05, 4.69) is 0 Å².